The second kappa shape index (κ2) is 7.75. The molecule has 0 N–H and O–H groups in total. The van der Waals surface area contributed by atoms with Crippen molar-refractivity contribution in [2.75, 3.05) is 6.26 Å². The van der Waals surface area contributed by atoms with Crippen molar-refractivity contribution in [1.82, 2.24) is 0 Å². The van der Waals surface area contributed by atoms with Gasteiger partial charge >= 0.3 is 6.61 Å². The Morgan fingerprint density at radius 1 is 1.14 bits per heavy atom. The molecule has 22 heavy (non-hydrogen) atoms. The highest BCUT2D eigenvalue weighted by atomic mass is 32.2. The van der Waals surface area contributed by atoms with Crippen LogP contribution in [0, 0.1) is 0 Å². The second-order valence-corrected chi connectivity index (χ2v) is 5.22. The Bertz CT molecular complexity index is 667. The number of rotatable bonds is 6. The average molecular weight is 320 g/mol. The minimum atomic E-state index is -2.90. The molecule has 0 aliphatic rings. The van der Waals surface area contributed by atoms with Gasteiger partial charge in [0, 0.05) is 16.0 Å². The topological polar surface area (TPSA) is 26.3 Å². The van der Waals surface area contributed by atoms with E-state index in [0.717, 1.165) is 4.90 Å². The van der Waals surface area contributed by atoms with Crippen LogP contribution in [0.15, 0.2) is 59.5 Å². The standard InChI is InChI=1S/C17H14F2O2S/c1-22-14-9-6-12(7-10-14)15(20)11-8-13-4-2-3-5-16(13)21-17(18)19/h2-11,17H,1H3. The first-order valence-electron chi connectivity index (χ1n) is 6.50. The Morgan fingerprint density at radius 2 is 1.82 bits per heavy atom. The van der Waals surface area contributed by atoms with E-state index in [9.17, 15) is 13.6 Å². The van der Waals surface area contributed by atoms with Crippen LogP contribution in [0.4, 0.5) is 8.78 Å². The van der Waals surface area contributed by atoms with Crippen LogP contribution in [0.5, 0.6) is 5.75 Å². The molecular formula is C17H14F2O2S. The number of benzene rings is 2. The van der Waals surface area contributed by atoms with Crippen LogP contribution in [0.3, 0.4) is 0 Å². The molecule has 0 amide bonds. The fourth-order valence-electron chi connectivity index (χ4n) is 1.84. The molecule has 5 heteroatoms. The number of alkyl halides is 2. The average Bonchev–Trinajstić information content (AvgIpc) is 2.53. The van der Waals surface area contributed by atoms with Gasteiger partial charge in [-0.15, -0.1) is 11.8 Å². The summed E-state index contributed by atoms with van der Waals surface area (Å²) < 4.78 is 29.1. The van der Waals surface area contributed by atoms with Crippen molar-refractivity contribution in [3.63, 3.8) is 0 Å². The third-order valence-corrected chi connectivity index (χ3v) is 3.67. The molecule has 0 bridgehead atoms. The van der Waals surface area contributed by atoms with Crippen LogP contribution in [-0.4, -0.2) is 18.7 Å². The molecule has 0 heterocycles. The fraction of sp³-hybridized carbons (Fsp3) is 0.118. The van der Waals surface area contributed by atoms with Gasteiger partial charge < -0.3 is 4.74 Å². The number of halogens is 2. The van der Waals surface area contributed by atoms with Crippen molar-refractivity contribution in [3.05, 3.63) is 65.7 Å². The van der Waals surface area contributed by atoms with Gasteiger partial charge in [-0.25, -0.2) is 0 Å². The fourth-order valence-corrected chi connectivity index (χ4v) is 2.25. The van der Waals surface area contributed by atoms with E-state index in [1.165, 1.54) is 18.2 Å². The van der Waals surface area contributed by atoms with Gasteiger partial charge in [0.05, 0.1) is 0 Å². The van der Waals surface area contributed by atoms with Crippen LogP contribution < -0.4 is 4.74 Å². The zero-order chi connectivity index (χ0) is 15.9. The summed E-state index contributed by atoms with van der Waals surface area (Å²) in [7, 11) is 0. The highest BCUT2D eigenvalue weighted by Gasteiger charge is 2.08. The van der Waals surface area contributed by atoms with Crippen LogP contribution in [0.1, 0.15) is 15.9 Å². The lowest BCUT2D eigenvalue weighted by atomic mass is 10.1. The molecule has 0 unspecified atom stereocenters. The van der Waals surface area contributed by atoms with E-state index in [-0.39, 0.29) is 11.5 Å². The molecule has 0 saturated heterocycles. The quantitative estimate of drug-likeness (QED) is 0.430. The first-order chi connectivity index (χ1) is 10.6. The first kappa shape index (κ1) is 16.2. The van der Waals surface area contributed by atoms with Crippen molar-refractivity contribution in [1.29, 1.82) is 0 Å². The first-order valence-corrected chi connectivity index (χ1v) is 7.73. The summed E-state index contributed by atoms with van der Waals surface area (Å²) in [5, 5.41) is 0. The van der Waals surface area contributed by atoms with Crippen molar-refractivity contribution in [2.24, 2.45) is 0 Å². The summed E-state index contributed by atoms with van der Waals surface area (Å²) in [6.07, 6.45) is 4.78. The van der Waals surface area contributed by atoms with E-state index < -0.39 is 6.61 Å². The molecule has 0 aliphatic heterocycles. The van der Waals surface area contributed by atoms with E-state index >= 15 is 0 Å². The minimum Gasteiger partial charge on any atom is -0.434 e. The van der Waals surface area contributed by atoms with Crippen molar-refractivity contribution in [2.45, 2.75) is 11.5 Å². The smallest absolute Gasteiger partial charge is 0.387 e. The third-order valence-electron chi connectivity index (χ3n) is 2.92. The van der Waals surface area contributed by atoms with Gasteiger partial charge in [0.2, 0.25) is 0 Å². The summed E-state index contributed by atoms with van der Waals surface area (Å²) in [4.78, 5) is 13.1. The number of para-hydroxylation sites is 1. The molecule has 0 atom stereocenters. The molecule has 2 nitrogen and oxygen atoms in total. The maximum atomic E-state index is 12.3. The number of allylic oxidation sites excluding steroid dienone is 1. The normalized spacial score (nSPS) is 11.1. The van der Waals surface area contributed by atoms with Crippen LogP contribution in [0.2, 0.25) is 0 Å². The third kappa shape index (κ3) is 4.43. The highest BCUT2D eigenvalue weighted by molar-refractivity contribution is 7.98. The molecule has 0 spiro atoms. The number of carbonyl (C=O) groups excluding carboxylic acids is 1. The lowest BCUT2D eigenvalue weighted by molar-refractivity contribution is -0.0499. The van der Waals surface area contributed by atoms with Gasteiger partial charge in [0.25, 0.3) is 0 Å². The van der Waals surface area contributed by atoms with Crippen molar-refractivity contribution >= 4 is 23.6 Å². The number of hydrogen-bond acceptors (Lipinski definition) is 3. The van der Waals surface area contributed by atoms with Crippen LogP contribution in [-0.2, 0) is 0 Å². The Morgan fingerprint density at radius 3 is 2.45 bits per heavy atom. The van der Waals surface area contributed by atoms with Gasteiger partial charge in [-0.1, -0.05) is 18.2 Å². The van der Waals surface area contributed by atoms with Gasteiger partial charge in [-0.05, 0) is 48.7 Å². The number of ketones is 1. The predicted molar refractivity (Wildman–Crippen MR) is 84.7 cm³/mol. The van der Waals surface area contributed by atoms with Gasteiger partial charge in [0.15, 0.2) is 5.78 Å². The largest absolute Gasteiger partial charge is 0.434 e. The van der Waals surface area contributed by atoms with Crippen LogP contribution in [0.25, 0.3) is 6.08 Å². The predicted octanol–water partition coefficient (Wildman–Crippen LogP) is 4.91. The maximum Gasteiger partial charge on any atom is 0.387 e. The molecular weight excluding hydrogens is 306 g/mol. The molecule has 0 fully saturated rings. The molecule has 114 valence electrons. The maximum absolute atomic E-state index is 12.3. The minimum absolute atomic E-state index is 0.0410. The number of carbonyl (C=O) groups is 1. The highest BCUT2D eigenvalue weighted by Crippen LogP contribution is 2.22. The number of hydrogen-bond donors (Lipinski definition) is 0. The molecule has 2 aromatic rings. The zero-order valence-corrected chi connectivity index (χ0v) is 12.6. The Hall–Kier alpha value is -2.14. The zero-order valence-electron chi connectivity index (χ0n) is 11.8. The summed E-state index contributed by atoms with van der Waals surface area (Å²) in [6.45, 7) is -2.90. The monoisotopic (exact) mass is 320 g/mol. The number of thioether (sulfide) groups is 1. The molecule has 0 saturated carbocycles. The SMILES string of the molecule is CSc1ccc(C(=O)C=Cc2ccccc2OC(F)F)cc1. The lowest BCUT2D eigenvalue weighted by Gasteiger charge is -2.07. The van der Waals surface area contributed by atoms with E-state index in [0.29, 0.717) is 11.1 Å². The Kier molecular flexibility index (Phi) is 5.72. The molecule has 2 aromatic carbocycles. The number of ether oxygens (including phenoxy) is 1. The molecule has 0 aliphatic carbocycles. The summed E-state index contributed by atoms with van der Waals surface area (Å²) in [5.74, 6) is -0.154. The van der Waals surface area contributed by atoms with Gasteiger partial charge in [-0.2, -0.15) is 8.78 Å². The van der Waals surface area contributed by atoms with E-state index in [2.05, 4.69) is 4.74 Å². The van der Waals surface area contributed by atoms with E-state index in [1.54, 1.807) is 42.1 Å². The lowest BCUT2D eigenvalue weighted by Crippen LogP contribution is -2.03. The second-order valence-electron chi connectivity index (χ2n) is 4.34. The van der Waals surface area contributed by atoms with Crippen molar-refractivity contribution in [3.8, 4) is 5.75 Å². The van der Waals surface area contributed by atoms with Gasteiger partial charge in [-0.3, -0.25) is 4.79 Å². The molecule has 2 rings (SSSR count). The molecule has 0 radical (unpaired) electrons. The summed E-state index contributed by atoms with van der Waals surface area (Å²) in [5.41, 5.74) is 0.971. The summed E-state index contributed by atoms with van der Waals surface area (Å²) in [6, 6.07) is 13.5. The summed E-state index contributed by atoms with van der Waals surface area (Å²) >= 11 is 1.59. The molecule has 0 aromatic heterocycles. The Balaban J connectivity index is 2.15. The van der Waals surface area contributed by atoms with Crippen molar-refractivity contribution < 1.29 is 18.3 Å². The Labute approximate surface area is 131 Å². The van der Waals surface area contributed by atoms with E-state index in [1.807, 2.05) is 18.4 Å². The van der Waals surface area contributed by atoms with Crippen LogP contribution >= 0.6 is 11.8 Å². The van der Waals surface area contributed by atoms with E-state index in [4.69, 9.17) is 0 Å². The van der Waals surface area contributed by atoms with Gasteiger partial charge in [0.1, 0.15) is 5.75 Å².